The van der Waals surface area contributed by atoms with E-state index < -0.39 is 42.1 Å². The summed E-state index contributed by atoms with van der Waals surface area (Å²) in [5, 5.41) is 0. The molecule has 3 rings (SSSR count). The monoisotopic (exact) mass is 350 g/mol. The number of ether oxygens (including phenoxy) is 5. The van der Waals surface area contributed by atoms with Crippen molar-refractivity contribution in [2.24, 2.45) is 0 Å². The molecule has 7 nitrogen and oxygen atoms in total. The van der Waals surface area contributed by atoms with Gasteiger partial charge in [0.25, 0.3) is 0 Å². The quantitative estimate of drug-likeness (QED) is 0.569. The number of hydrogen-bond donors (Lipinski definition) is 0. The Morgan fingerprint density at radius 1 is 1.16 bits per heavy atom. The summed E-state index contributed by atoms with van der Waals surface area (Å²) in [6.45, 7) is 3.84. The van der Waals surface area contributed by atoms with Gasteiger partial charge in [0.2, 0.25) is 0 Å². The number of rotatable bonds is 6. The second kappa shape index (κ2) is 7.21. The summed E-state index contributed by atoms with van der Waals surface area (Å²) in [6.07, 6.45) is -3.22. The Hall–Kier alpha value is -1.80. The Bertz CT molecular complexity index is 628. The highest BCUT2D eigenvalue weighted by Crippen LogP contribution is 2.39. The Morgan fingerprint density at radius 2 is 1.88 bits per heavy atom. The molecule has 2 aliphatic heterocycles. The highest BCUT2D eigenvalue weighted by molar-refractivity contribution is 5.98. The van der Waals surface area contributed by atoms with E-state index in [1.54, 1.807) is 13.8 Å². The van der Waals surface area contributed by atoms with Crippen molar-refractivity contribution in [2.75, 3.05) is 7.11 Å². The van der Waals surface area contributed by atoms with Crippen molar-refractivity contribution in [3.05, 3.63) is 35.9 Å². The highest BCUT2D eigenvalue weighted by Gasteiger charge is 2.57. The van der Waals surface area contributed by atoms with Gasteiger partial charge in [0, 0.05) is 0 Å². The third-order valence-electron chi connectivity index (χ3n) is 4.14. The van der Waals surface area contributed by atoms with Crippen molar-refractivity contribution in [3.8, 4) is 0 Å². The first-order chi connectivity index (χ1) is 11.9. The summed E-state index contributed by atoms with van der Waals surface area (Å²) < 4.78 is 27.7. The Labute approximate surface area is 146 Å². The fourth-order valence-electron chi connectivity index (χ4n) is 3.00. The lowest BCUT2D eigenvalue weighted by atomic mass is 10.0. The molecule has 0 saturated carbocycles. The molecule has 0 spiro atoms. The van der Waals surface area contributed by atoms with E-state index in [0.717, 1.165) is 5.56 Å². The van der Waals surface area contributed by atoms with E-state index in [0.29, 0.717) is 6.61 Å². The molecule has 25 heavy (non-hydrogen) atoms. The Kier molecular flexibility index (Phi) is 5.19. The van der Waals surface area contributed by atoms with E-state index in [1.807, 2.05) is 30.3 Å². The van der Waals surface area contributed by atoms with Crippen molar-refractivity contribution in [1.29, 1.82) is 0 Å². The minimum atomic E-state index is -0.936. The summed E-state index contributed by atoms with van der Waals surface area (Å²) in [5.74, 6) is -1.85. The maximum Gasteiger partial charge on any atom is 0.313 e. The van der Waals surface area contributed by atoms with Gasteiger partial charge in [-0.25, -0.2) is 0 Å². The van der Waals surface area contributed by atoms with Crippen LogP contribution in [0.4, 0.5) is 0 Å². The molecule has 0 amide bonds. The SMILES string of the molecule is COC(=O)CC(=O)[C@H]1O[C@@H]2OC(C)(C)O[C@@H]2[C@@H]1OCc1ccccc1. The zero-order valence-corrected chi connectivity index (χ0v) is 14.5. The first kappa shape index (κ1) is 18.0. The fourth-order valence-corrected chi connectivity index (χ4v) is 3.00. The Morgan fingerprint density at radius 3 is 2.56 bits per heavy atom. The van der Waals surface area contributed by atoms with E-state index in [-0.39, 0.29) is 6.42 Å². The zero-order chi connectivity index (χ0) is 18.0. The molecule has 0 N–H and O–H groups in total. The number of hydrogen-bond acceptors (Lipinski definition) is 7. The van der Waals surface area contributed by atoms with Gasteiger partial charge in [-0.15, -0.1) is 0 Å². The maximum absolute atomic E-state index is 12.4. The summed E-state index contributed by atoms with van der Waals surface area (Å²) in [6, 6.07) is 9.58. The van der Waals surface area contributed by atoms with Crippen LogP contribution in [0.15, 0.2) is 30.3 Å². The van der Waals surface area contributed by atoms with Gasteiger partial charge in [-0.05, 0) is 19.4 Å². The van der Waals surface area contributed by atoms with Crippen LogP contribution in [-0.2, 0) is 39.9 Å². The van der Waals surface area contributed by atoms with Crippen LogP contribution in [-0.4, -0.2) is 49.3 Å². The number of methoxy groups -OCH3 is 1. The van der Waals surface area contributed by atoms with Crippen molar-refractivity contribution in [2.45, 2.75) is 57.3 Å². The van der Waals surface area contributed by atoms with E-state index in [9.17, 15) is 9.59 Å². The minimum Gasteiger partial charge on any atom is -0.469 e. The number of ketones is 1. The molecule has 0 bridgehead atoms. The first-order valence-corrected chi connectivity index (χ1v) is 8.16. The molecule has 4 atom stereocenters. The van der Waals surface area contributed by atoms with Crippen LogP contribution >= 0.6 is 0 Å². The van der Waals surface area contributed by atoms with Crippen molar-refractivity contribution >= 4 is 11.8 Å². The van der Waals surface area contributed by atoms with Crippen molar-refractivity contribution in [1.82, 2.24) is 0 Å². The minimum absolute atomic E-state index is 0.296. The second-order valence-corrected chi connectivity index (χ2v) is 6.51. The first-order valence-electron chi connectivity index (χ1n) is 8.16. The lowest BCUT2D eigenvalue weighted by Crippen LogP contribution is -2.41. The largest absolute Gasteiger partial charge is 0.469 e. The summed E-state index contributed by atoms with van der Waals surface area (Å²) in [4.78, 5) is 23.8. The molecule has 0 aliphatic carbocycles. The van der Waals surface area contributed by atoms with Crippen LogP contribution in [0.2, 0.25) is 0 Å². The highest BCUT2D eigenvalue weighted by atomic mass is 16.8. The van der Waals surface area contributed by atoms with Gasteiger partial charge in [-0.1, -0.05) is 30.3 Å². The smallest absolute Gasteiger partial charge is 0.313 e. The molecule has 2 saturated heterocycles. The van der Waals surface area contributed by atoms with Crippen LogP contribution in [0.25, 0.3) is 0 Å². The zero-order valence-electron chi connectivity index (χ0n) is 14.5. The molecule has 2 fully saturated rings. The Balaban J connectivity index is 1.72. The van der Waals surface area contributed by atoms with Gasteiger partial charge < -0.3 is 23.7 Å². The number of benzene rings is 1. The topological polar surface area (TPSA) is 80.3 Å². The average molecular weight is 350 g/mol. The van der Waals surface area contributed by atoms with E-state index in [2.05, 4.69) is 4.74 Å². The number of carbonyl (C=O) groups excluding carboxylic acids is 2. The number of Topliss-reactive ketones (excluding diaryl/α,β-unsaturated/α-hetero) is 1. The van der Waals surface area contributed by atoms with Gasteiger partial charge in [0.15, 0.2) is 17.9 Å². The maximum atomic E-state index is 12.4. The average Bonchev–Trinajstić information content (AvgIpc) is 3.05. The molecule has 7 heteroatoms. The van der Waals surface area contributed by atoms with Crippen LogP contribution < -0.4 is 0 Å². The lowest BCUT2D eigenvalue weighted by molar-refractivity contribution is -0.218. The number of fused-ring (bicyclic) bond motifs is 1. The van der Waals surface area contributed by atoms with Crippen LogP contribution in [0, 0.1) is 0 Å². The lowest BCUT2D eigenvalue weighted by Gasteiger charge is -2.25. The molecule has 2 heterocycles. The third kappa shape index (κ3) is 4.07. The van der Waals surface area contributed by atoms with Crippen LogP contribution in [0.3, 0.4) is 0 Å². The summed E-state index contributed by atoms with van der Waals surface area (Å²) in [5.41, 5.74) is 0.961. The second-order valence-electron chi connectivity index (χ2n) is 6.51. The molecule has 1 aromatic rings. The van der Waals surface area contributed by atoms with Crippen molar-refractivity contribution in [3.63, 3.8) is 0 Å². The molecule has 1 aromatic carbocycles. The van der Waals surface area contributed by atoms with Gasteiger partial charge in [-0.3, -0.25) is 9.59 Å². The standard InChI is InChI=1S/C18H22O7/c1-18(2)24-16-15(22-10-11-7-5-4-6-8-11)14(23-17(16)25-18)12(19)9-13(20)21-3/h4-8,14-17H,9-10H2,1-3H3/t14-,15-,16-,17-/m1/s1. The molecule has 136 valence electrons. The normalized spacial score (nSPS) is 30.0. The summed E-state index contributed by atoms with van der Waals surface area (Å²) in [7, 11) is 1.23. The molecule has 0 radical (unpaired) electrons. The predicted octanol–water partition coefficient (Wildman–Crippen LogP) is 1.58. The molecule has 0 unspecified atom stereocenters. The fraction of sp³-hybridized carbons (Fsp3) is 0.556. The van der Waals surface area contributed by atoms with Gasteiger partial charge in [0.05, 0.1) is 13.7 Å². The van der Waals surface area contributed by atoms with Crippen LogP contribution in [0.1, 0.15) is 25.8 Å². The predicted molar refractivity (Wildman–Crippen MR) is 85.4 cm³/mol. The number of esters is 1. The summed E-state index contributed by atoms with van der Waals surface area (Å²) >= 11 is 0. The van der Waals surface area contributed by atoms with Gasteiger partial charge >= 0.3 is 5.97 Å². The van der Waals surface area contributed by atoms with Gasteiger partial charge in [0.1, 0.15) is 24.7 Å². The molecule has 0 aromatic heterocycles. The molecule has 2 aliphatic rings. The molecular weight excluding hydrogens is 328 g/mol. The van der Waals surface area contributed by atoms with Gasteiger partial charge in [-0.2, -0.15) is 0 Å². The van der Waals surface area contributed by atoms with E-state index in [1.165, 1.54) is 7.11 Å². The number of carbonyl (C=O) groups is 2. The van der Waals surface area contributed by atoms with Crippen LogP contribution in [0.5, 0.6) is 0 Å². The third-order valence-corrected chi connectivity index (χ3v) is 4.14. The van der Waals surface area contributed by atoms with E-state index in [4.69, 9.17) is 18.9 Å². The van der Waals surface area contributed by atoms with Crippen molar-refractivity contribution < 1.29 is 33.3 Å². The van der Waals surface area contributed by atoms with E-state index >= 15 is 0 Å². The molecular formula is C18H22O7.